The summed E-state index contributed by atoms with van der Waals surface area (Å²) in [5.74, 6) is -1.91. The van der Waals surface area contributed by atoms with E-state index >= 15 is 0 Å². The molecule has 2 rings (SSSR count). The van der Waals surface area contributed by atoms with Crippen molar-refractivity contribution < 1.29 is 24.2 Å². The molecule has 8 heteroatoms. The lowest BCUT2D eigenvalue weighted by Gasteiger charge is -2.17. The van der Waals surface area contributed by atoms with Crippen LogP contribution < -0.4 is 5.43 Å². The van der Waals surface area contributed by atoms with Gasteiger partial charge in [0, 0.05) is 23.9 Å². The molecule has 0 aliphatic heterocycles. The van der Waals surface area contributed by atoms with Gasteiger partial charge in [0.1, 0.15) is 12.4 Å². The summed E-state index contributed by atoms with van der Waals surface area (Å²) in [5, 5.41) is 23.7. The molecular weight excluding hydrogens is 328 g/mol. The average Bonchev–Trinajstić information content (AvgIpc) is 2.96. The van der Waals surface area contributed by atoms with E-state index in [1.54, 1.807) is 17.8 Å². The van der Waals surface area contributed by atoms with Crippen molar-refractivity contribution >= 4 is 5.97 Å². The third-order valence-electron chi connectivity index (χ3n) is 3.96. The van der Waals surface area contributed by atoms with Gasteiger partial charge in [0.05, 0.1) is 25.1 Å². The number of carbonyl (C=O) groups is 1. The third kappa shape index (κ3) is 3.90. The van der Waals surface area contributed by atoms with E-state index in [1.165, 1.54) is 0 Å². The van der Waals surface area contributed by atoms with Gasteiger partial charge in [-0.3, -0.25) is 14.3 Å². The van der Waals surface area contributed by atoms with Gasteiger partial charge in [-0.15, -0.1) is 0 Å². The van der Waals surface area contributed by atoms with Gasteiger partial charge in [-0.2, -0.15) is 5.10 Å². The van der Waals surface area contributed by atoms with Gasteiger partial charge in [-0.05, 0) is 20.8 Å². The van der Waals surface area contributed by atoms with Gasteiger partial charge >= 0.3 is 5.97 Å². The van der Waals surface area contributed by atoms with Crippen LogP contribution in [0.3, 0.4) is 0 Å². The second-order valence-corrected chi connectivity index (χ2v) is 5.51. The second-order valence-electron chi connectivity index (χ2n) is 5.51. The molecule has 2 aromatic rings. The topological polar surface area (TPSA) is 115 Å². The van der Waals surface area contributed by atoms with E-state index in [1.807, 2.05) is 13.8 Å². The fourth-order valence-corrected chi connectivity index (χ4v) is 2.72. The minimum absolute atomic E-state index is 0.00666. The lowest BCUT2D eigenvalue weighted by Crippen LogP contribution is -2.15. The van der Waals surface area contributed by atoms with Crippen LogP contribution in [0, 0.1) is 6.92 Å². The number of ether oxygens (including phenoxy) is 1. The number of esters is 1. The quantitative estimate of drug-likeness (QED) is 0.726. The second kappa shape index (κ2) is 7.98. The number of hydrogen-bond acceptors (Lipinski definition) is 7. The number of aromatic hydroxyl groups is 1. The summed E-state index contributed by atoms with van der Waals surface area (Å²) < 4.78 is 12.2. The highest BCUT2D eigenvalue weighted by Gasteiger charge is 2.29. The molecule has 0 fully saturated rings. The summed E-state index contributed by atoms with van der Waals surface area (Å²) >= 11 is 0. The first-order chi connectivity index (χ1) is 11.9. The molecule has 8 nitrogen and oxygen atoms in total. The van der Waals surface area contributed by atoms with Crippen molar-refractivity contribution in [1.82, 2.24) is 9.78 Å². The summed E-state index contributed by atoms with van der Waals surface area (Å²) in [6.07, 6.45) is 1.45. The van der Waals surface area contributed by atoms with Gasteiger partial charge in [-0.25, -0.2) is 0 Å². The van der Waals surface area contributed by atoms with Crippen molar-refractivity contribution in [2.75, 3.05) is 6.61 Å². The Morgan fingerprint density at radius 2 is 2.16 bits per heavy atom. The Bertz CT molecular complexity index is 808. The highest BCUT2D eigenvalue weighted by atomic mass is 16.5. The van der Waals surface area contributed by atoms with Gasteiger partial charge in [0.2, 0.25) is 11.2 Å². The van der Waals surface area contributed by atoms with Gasteiger partial charge in [-0.1, -0.05) is 0 Å². The monoisotopic (exact) mass is 350 g/mol. The highest BCUT2D eigenvalue weighted by Crippen LogP contribution is 2.34. The normalized spacial score (nSPS) is 12.2. The zero-order chi connectivity index (χ0) is 18.6. The molecule has 0 saturated heterocycles. The van der Waals surface area contributed by atoms with Crippen molar-refractivity contribution in [3.63, 3.8) is 0 Å². The Morgan fingerprint density at radius 1 is 1.44 bits per heavy atom. The van der Waals surface area contributed by atoms with Gasteiger partial charge in [0.25, 0.3) is 0 Å². The maximum atomic E-state index is 12.0. The molecule has 2 heterocycles. The highest BCUT2D eigenvalue weighted by molar-refractivity contribution is 5.71. The van der Waals surface area contributed by atoms with E-state index < -0.39 is 29.7 Å². The Balaban J connectivity index is 2.59. The van der Waals surface area contributed by atoms with Crippen molar-refractivity contribution in [1.29, 1.82) is 0 Å². The van der Waals surface area contributed by atoms with Crippen LogP contribution in [0.4, 0.5) is 0 Å². The Labute approximate surface area is 144 Å². The SMILES string of the molecule is CCOC(=O)CC(c1cnn(CC)c1C)c1oc(CO)cc(=O)c1O. The first-order valence-electron chi connectivity index (χ1n) is 8.07. The zero-order valence-corrected chi connectivity index (χ0v) is 14.5. The lowest BCUT2D eigenvalue weighted by molar-refractivity contribution is -0.143. The van der Waals surface area contributed by atoms with Gasteiger partial charge < -0.3 is 19.4 Å². The van der Waals surface area contributed by atoms with E-state index in [0.717, 1.165) is 11.8 Å². The number of aliphatic hydroxyl groups is 1. The van der Waals surface area contributed by atoms with Crippen molar-refractivity contribution in [2.24, 2.45) is 0 Å². The molecule has 136 valence electrons. The van der Waals surface area contributed by atoms with Crippen LogP contribution in [-0.4, -0.2) is 32.6 Å². The fourth-order valence-electron chi connectivity index (χ4n) is 2.72. The minimum Gasteiger partial charge on any atom is -0.502 e. The standard InChI is InChI=1S/C17H22N2O6/c1-4-19-10(3)13(8-18-19)12(7-15(22)24-5-2)17-16(23)14(21)6-11(9-20)25-17/h6,8,12,20,23H,4-5,7,9H2,1-3H3. The first kappa shape index (κ1) is 18.7. The summed E-state index contributed by atoms with van der Waals surface area (Å²) in [5.41, 5.74) is 0.747. The number of aromatic nitrogens is 2. The summed E-state index contributed by atoms with van der Waals surface area (Å²) in [6, 6.07) is 1.02. The summed E-state index contributed by atoms with van der Waals surface area (Å²) in [7, 11) is 0. The van der Waals surface area contributed by atoms with E-state index in [-0.39, 0.29) is 24.5 Å². The predicted molar refractivity (Wildman–Crippen MR) is 88.3 cm³/mol. The number of nitrogens with zero attached hydrogens (tertiary/aromatic N) is 2. The van der Waals surface area contributed by atoms with Crippen LogP contribution in [0.5, 0.6) is 5.75 Å². The zero-order valence-electron chi connectivity index (χ0n) is 14.5. The summed E-state index contributed by atoms with van der Waals surface area (Å²) in [6.45, 7) is 5.79. The molecule has 25 heavy (non-hydrogen) atoms. The molecule has 1 atom stereocenters. The molecule has 2 N–H and O–H groups in total. The van der Waals surface area contributed by atoms with Crippen LogP contribution in [0.25, 0.3) is 0 Å². The van der Waals surface area contributed by atoms with Crippen molar-refractivity contribution in [3.8, 4) is 5.75 Å². The molecule has 0 spiro atoms. The molecule has 0 amide bonds. The number of aryl methyl sites for hydroxylation is 1. The smallest absolute Gasteiger partial charge is 0.306 e. The van der Waals surface area contributed by atoms with E-state index in [0.29, 0.717) is 12.1 Å². The molecular formula is C17H22N2O6. The molecule has 0 aromatic carbocycles. The predicted octanol–water partition coefficient (Wildman–Crippen LogP) is 1.45. The van der Waals surface area contributed by atoms with Crippen LogP contribution in [0.15, 0.2) is 21.5 Å². The van der Waals surface area contributed by atoms with Gasteiger partial charge in [0.15, 0.2) is 5.76 Å². The maximum absolute atomic E-state index is 12.0. The first-order valence-corrected chi connectivity index (χ1v) is 8.07. The lowest BCUT2D eigenvalue weighted by atomic mass is 9.92. The molecule has 2 aromatic heterocycles. The van der Waals surface area contributed by atoms with E-state index in [4.69, 9.17) is 9.15 Å². The average molecular weight is 350 g/mol. The molecule has 0 saturated carbocycles. The molecule has 0 aliphatic rings. The van der Waals surface area contributed by atoms with Crippen LogP contribution >= 0.6 is 0 Å². The number of aliphatic hydroxyl groups excluding tert-OH is 1. The number of carbonyl (C=O) groups excluding carboxylic acids is 1. The van der Waals surface area contributed by atoms with Crippen LogP contribution in [0.1, 0.15) is 49.0 Å². The third-order valence-corrected chi connectivity index (χ3v) is 3.96. The van der Waals surface area contributed by atoms with Crippen molar-refractivity contribution in [2.45, 2.75) is 46.3 Å². The number of rotatable bonds is 7. The minimum atomic E-state index is -0.751. The van der Waals surface area contributed by atoms with Crippen molar-refractivity contribution in [3.05, 3.63) is 45.3 Å². The molecule has 0 aliphatic carbocycles. The molecule has 0 radical (unpaired) electrons. The Hall–Kier alpha value is -2.61. The van der Waals surface area contributed by atoms with E-state index in [9.17, 15) is 19.8 Å². The van der Waals surface area contributed by atoms with Crippen LogP contribution in [0.2, 0.25) is 0 Å². The fraction of sp³-hybridized carbons (Fsp3) is 0.471. The Kier molecular flexibility index (Phi) is 5.97. The van der Waals surface area contributed by atoms with Crippen LogP contribution in [-0.2, 0) is 22.7 Å². The Morgan fingerprint density at radius 3 is 2.72 bits per heavy atom. The molecule has 0 bridgehead atoms. The molecule has 1 unspecified atom stereocenters. The largest absolute Gasteiger partial charge is 0.502 e. The number of hydrogen-bond donors (Lipinski definition) is 2. The maximum Gasteiger partial charge on any atom is 0.306 e. The van der Waals surface area contributed by atoms with E-state index in [2.05, 4.69) is 5.10 Å². The summed E-state index contributed by atoms with van der Waals surface area (Å²) in [4.78, 5) is 24.0.